The van der Waals surface area contributed by atoms with Gasteiger partial charge in [0.25, 0.3) is 5.56 Å². The Hall–Kier alpha value is -3.31. The fourth-order valence-corrected chi connectivity index (χ4v) is 4.68. The van der Waals surface area contributed by atoms with E-state index in [1.165, 1.54) is 28.0 Å². The van der Waals surface area contributed by atoms with Crippen LogP contribution in [0.15, 0.2) is 41.7 Å². The molecule has 0 fully saturated rings. The molecule has 0 radical (unpaired) electrons. The first-order valence-corrected chi connectivity index (χ1v) is 10.6. The summed E-state index contributed by atoms with van der Waals surface area (Å²) < 4.78 is 17.7. The van der Waals surface area contributed by atoms with Crippen LogP contribution in [0.25, 0.3) is 11.6 Å². The summed E-state index contributed by atoms with van der Waals surface area (Å²) >= 11 is 1.22. The summed E-state index contributed by atoms with van der Waals surface area (Å²) in [6.45, 7) is 4.77. The van der Waals surface area contributed by atoms with Crippen LogP contribution < -0.4 is 14.8 Å². The van der Waals surface area contributed by atoms with Crippen LogP contribution in [0, 0.1) is 17.1 Å². The molecule has 0 unspecified atom stereocenters. The Labute approximate surface area is 176 Å². The van der Waals surface area contributed by atoms with E-state index >= 15 is 0 Å². The molecule has 1 aliphatic heterocycles. The highest BCUT2D eigenvalue weighted by atomic mass is 32.1. The van der Waals surface area contributed by atoms with Gasteiger partial charge in [-0.25, -0.2) is 4.39 Å². The highest BCUT2D eigenvalue weighted by molar-refractivity contribution is 7.07. The summed E-state index contributed by atoms with van der Waals surface area (Å²) in [5, 5.41) is 18.6. The summed E-state index contributed by atoms with van der Waals surface area (Å²) in [5.41, 5.74) is 0.822. The van der Waals surface area contributed by atoms with E-state index in [4.69, 9.17) is 0 Å². The molecule has 0 spiro atoms. The summed E-state index contributed by atoms with van der Waals surface area (Å²) in [4.78, 5) is 13.0. The predicted octanol–water partition coefficient (Wildman–Crippen LogP) is 2.10. The highest BCUT2D eigenvalue weighted by Crippen LogP contribution is 2.18. The van der Waals surface area contributed by atoms with Crippen LogP contribution in [0.3, 0.4) is 0 Å². The van der Waals surface area contributed by atoms with E-state index < -0.39 is 0 Å². The number of fused-ring (bicyclic) bond motifs is 1. The van der Waals surface area contributed by atoms with Gasteiger partial charge in [0.2, 0.25) is 0 Å². The molecule has 8 heteroatoms. The molecule has 152 valence electrons. The number of aryl methyl sites for hydroxylation is 1. The van der Waals surface area contributed by atoms with Gasteiger partial charge in [0.05, 0.1) is 4.53 Å². The van der Waals surface area contributed by atoms with E-state index in [1.807, 2.05) is 4.57 Å². The maximum atomic E-state index is 13.2. The Morgan fingerprint density at radius 3 is 2.80 bits per heavy atom. The molecule has 2 aromatic heterocycles. The average Bonchev–Trinajstić information content (AvgIpc) is 3.17. The maximum absolute atomic E-state index is 13.2. The molecule has 0 atom stereocenters. The smallest absolute Gasteiger partial charge is 0.269 e. The van der Waals surface area contributed by atoms with Crippen molar-refractivity contribution in [2.45, 2.75) is 38.8 Å². The van der Waals surface area contributed by atoms with Gasteiger partial charge in [-0.15, -0.1) is 28.1 Å². The summed E-state index contributed by atoms with van der Waals surface area (Å²) in [5.74, 6) is 1.04. The van der Waals surface area contributed by atoms with Gasteiger partial charge in [0.1, 0.15) is 27.9 Å². The first kappa shape index (κ1) is 20.0. The number of thiazole rings is 1. The summed E-state index contributed by atoms with van der Waals surface area (Å²) in [6.07, 6.45) is 7.33. The van der Waals surface area contributed by atoms with Crippen molar-refractivity contribution in [1.29, 1.82) is 5.26 Å². The van der Waals surface area contributed by atoms with Crippen LogP contribution in [0.5, 0.6) is 0 Å². The molecule has 1 aliphatic rings. The fourth-order valence-electron chi connectivity index (χ4n) is 3.57. The number of halogens is 1. The Bertz CT molecular complexity index is 1310. The van der Waals surface area contributed by atoms with Crippen molar-refractivity contribution >= 4 is 23.0 Å². The zero-order valence-corrected chi connectivity index (χ0v) is 17.2. The van der Waals surface area contributed by atoms with Crippen molar-refractivity contribution in [3.05, 3.63) is 79.5 Å². The quantitative estimate of drug-likeness (QED) is 0.605. The molecule has 30 heavy (non-hydrogen) atoms. The molecule has 0 amide bonds. The number of allylic oxidation sites excluding steroid dienone is 1. The van der Waals surface area contributed by atoms with Crippen LogP contribution in [0.2, 0.25) is 0 Å². The standard InChI is InChI=1S/C22H20FN5OS/c1-2-11-28-21(29)18(13-15-7-9-16(23)10-8-15)30-22(28)17(14-24)20-26-25-19-6-4-3-5-12-27(19)20/h2,7-10,13H,1,3-6,11-12H2/b18-13?,22-17-. The molecule has 0 bridgehead atoms. The van der Waals surface area contributed by atoms with Gasteiger partial charge in [-0.1, -0.05) is 24.6 Å². The van der Waals surface area contributed by atoms with E-state index in [1.54, 1.807) is 24.3 Å². The van der Waals surface area contributed by atoms with E-state index in [0.29, 0.717) is 26.2 Å². The van der Waals surface area contributed by atoms with Crippen LogP contribution in [0.1, 0.15) is 36.5 Å². The lowest BCUT2D eigenvalue weighted by Crippen LogP contribution is -2.32. The van der Waals surface area contributed by atoms with Gasteiger partial charge in [-0.05, 0) is 36.6 Å². The lowest BCUT2D eigenvalue weighted by molar-refractivity contribution is 0.626. The maximum Gasteiger partial charge on any atom is 0.269 e. The molecule has 4 rings (SSSR count). The molecule has 0 saturated heterocycles. The minimum absolute atomic E-state index is 0.220. The van der Waals surface area contributed by atoms with Crippen molar-refractivity contribution in [2.75, 3.05) is 0 Å². The first-order chi connectivity index (χ1) is 14.6. The van der Waals surface area contributed by atoms with Crippen LogP contribution in [-0.4, -0.2) is 19.3 Å². The Morgan fingerprint density at radius 2 is 2.07 bits per heavy atom. The third-order valence-electron chi connectivity index (χ3n) is 5.05. The van der Waals surface area contributed by atoms with E-state index in [-0.39, 0.29) is 17.9 Å². The number of hydrogen-bond donors (Lipinski definition) is 0. The van der Waals surface area contributed by atoms with E-state index in [0.717, 1.165) is 38.1 Å². The molecule has 0 saturated carbocycles. The number of hydrogen-bond acceptors (Lipinski definition) is 5. The monoisotopic (exact) mass is 421 g/mol. The predicted molar refractivity (Wildman–Crippen MR) is 114 cm³/mol. The van der Waals surface area contributed by atoms with Gasteiger partial charge in [0, 0.05) is 19.5 Å². The topological polar surface area (TPSA) is 76.5 Å². The molecule has 0 aliphatic carbocycles. The normalized spacial score (nSPS) is 15.3. The number of aromatic nitrogens is 4. The number of rotatable bonds is 4. The minimum atomic E-state index is -0.337. The van der Waals surface area contributed by atoms with Crippen molar-refractivity contribution in [1.82, 2.24) is 19.3 Å². The second-order valence-electron chi connectivity index (χ2n) is 7.06. The van der Waals surface area contributed by atoms with Crippen LogP contribution in [0.4, 0.5) is 4.39 Å². The minimum Gasteiger partial charge on any atom is -0.310 e. The van der Waals surface area contributed by atoms with Crippen LogP contribution >= 0.6 is 11.3 Å². The van der Waals surface area contributed by atoms with Crippen molar-refractivity contribution in [2.24, 2.45) is 0 Å². The number of nitriles is 1. The largest absolute Gasteiger partial charge is 0.310 e. The third-order valence-corrected chi connectivity index (χ3v) is 6.18. The Balaban J connectivity index is 1.97. The van der Waals surface area contributed by atoms with Gasteiger partial charge < -0.3 is 4.57 Å². The molecule has 0 N–H and O–H groups in total. The van der Waals surface area contributed by atoms with E-state index in [9.17, 15) is 14.4 Å². The number of nitrogens with zero attached hydrogens (tertiary/aromatic N) is 5. The molecular weight excluding hydrogens is 401 g/mol. The highest BCUT2D eigenvalue weighted by Gasteiger charge is 2.20. The average molecular weight is 422 g/mol. The summed E-state index contributed by atoms with van der Waals surface area (Å²) in [6, 6.07) is 8.17. The second-order valence-corrected chi connectivity index (χ2v) is 8.09. The molecule has 6 nitrogen and oxygen atoms in total. The van der Waals surface area contributed by atoms with Crippen molar-refractivity contribution in [3.63, 3.8) is 0 Å². The first-order valence-electron chi connectivity index (χ1n) is 9.77. The van der Waals surface area contributed by atoms with Gasteiger partial charge in [-0.3, -0.25) is 9.36 Å². The molecule has 3 aromatic rings. The van der Waals surface area contributed by atoms with Crippen LogP contribution in [-0.2, 0) is 19.5 Å². The van der Waals surface area contributed by atoms with Gasteiger partial charge in [0.15, 0.2) is 5.82 Å². The molecule has 3 heterocycles. The molecule has 1 aromatic carbocycles. The van der Waals surface area contributed by atoms with Gasteiger partial charge in [-0.2, -0.15) is 5.26 Å². The number of benzene rings is 1. The molecular formula is C22H20FN5OS. The fraction of sp³-hybridized carbons (Fsp3) is 0.273. The van der Waals surface area contributed by atoms with E-state index in [2.05, 4.69) is 22.8 Å². The second kappa shape index (κ2) is 8.59. The summed E-state index contributed by atoms with van der Waals surface area (Å²) in [7, 11) is 0. The van der Waals surface area contributed by atoms with Crippen molar-refractivity contribution in [3.8, 4) is 6.07 Å². The third kappa shape index (κ3) is 3.76. The Morgan fingerprint density at radius 1 is 1.27 bits per heavy atom. The lowest BCUT2D eigenvalue weighted by Gasteiger charge is -2.06. The SMILES string of the molecule is C=CCn1c(=O)c(=Cc2ccc(F)cc2)s/c1=C(/C#N)c1nnc2n1CCCCC2. The van der Waals surface area contributed by atoms with Crippen molar-refractivity contribution < 1.29 is 4.39 Å². The zero-order valence-electron chi connectivity index (χ0n) is 16.3. The lowest BCUT2D eigenvalue weighted by atomic mass is 10.2. The Kier molecular flexibility index (Phi) is 5.72. The zero-order chi connectivity index (χ0) is 21.1. The van der Waals surface area contributed by atoms with Gasteiger partial charge >= 0.3 is 0 Å².